The summed E-state index contributed by atoms with van der Waals surface area (Å²) in [6.45, 7) is 0. The Balaban J connectivity index is 2.02. The minimum absolute atomic E-state index is 0.223. The first kappa shape index (κ1) is 9.46. The van der Waals surface area contributed by atoms with Crippen LogP contribution in [-0.2, 0) is 5.54 Å². The van der Waals surface area contributed by atoms with Crippen molar-refractivity contribution in [2.24, 2.45) is 0 Å². The highest BCUT2D eigenvalue weighted by Gasteiger charge is 2.43. The van der Waals surface area contributed by atoms with Gasteiger partial charge in [0, 0.05) is 5.56 Å². The summed E-state index contributed by atoms with van der Waals surface area (Å²) in [7, 11) is 0. The maximum Gasteiger partial charge on any atom is 0.0958 e. The molecule has 86 valence electrons. The van der Waals surface area contributed by atoms with Gasteiger partial charge in [-0.15, -0.1) is 0 Å². The van der Waals surface area contributed by atoms with Gasteiger partial charge >= 0.3 is 0 Å². The summed E-state index contributed by atoms with van der Waals surface area (Å²) in [5, 5.41) is 0. The second kappa shape index (κ2) is 3.22. The van der Waals surface area contributed by atoms with Gasteiger partial charge in [0.2, 0.25) is 0 Å². The van der Waals surface area contributed by atoms with Gasteiger partial charge in [-0.3, -0.25) is 0 Å². The summed E-state index contributed by atoms with van der Waals surface area (Å²) in [6, 6.07) is 8.87. The van der Waals surface area contributed by atoms with Gasteiger partial charge in [-0.25, -0.2) is 4.98 Å². The van der Waals surface area contributed by atoms with Crippen molar-refractivity contribution in [1.29, 1.82) is 0 Å². The minimum Gasteiger partial charge on any atom is -0.320 e. The molecule has 0 N–H and O–H groups in total. The smallest absolute Gasteiger partial charge is 0.0958 e. The Bertz CT molecular complexity index is 562. The number of aromatic nitrogens is 2. The van der Waals surface area contributed by atoms with Crippen LogP contribution >= 0.6 is 0 Å². The van der Waals surface area contributed by atoms with E-state index >= 15 is 0 Å². The number of imidazole rings is 1. The Morgan fingerprint density at radius 1 is 1.06 bits per heavy atom. The van der Waals surface area contributed by atoms with Crippen LogP contribution in [0.5, 0.6) is 0 Å². The first-order valence-electron chi connectivity index (χ1n) is 6.54. The fourth-order valence-electron chi connectivity index (χ4n) is 3.72. The molecule has 0 bridgehead atoms. The first-order valence-corrected chi connectivity index (χ1v) is 6.54. The molecule has 1 aromatic heterocycles. The molecular weight excluding hydrogens is 208 g/mol. The van der Waals surface area contributed by atoms with Crippen LogP contribution in [0.15, 0.2) is 36.8 Å². The van der Waals surface area contributed by atoms with Crippen LogP contribution < -0.4 is 0 Å². The van der Waals surface area contributed by atoms with Crippen molar-refractivity contribution >= 4 is 0 Å². The molecule has 1 spiro atoms. The zero-order valence-corrected chi connectivity index (χ0v) is 9.89. The lowest BCUT2D eigenvalue weighted by atomic mass is 9.77. The Hall–Kier alpha value is -1.57. The van der Waals surface area contributed by atoms with Crippen molar-refractivity contribution in [3.05, 3.63) is 42.4 Å². The maximum atomic E-state index is 4.36. The summed E-state index contributed by atoms with van der Waals surface area (Å²) < 4.78 is 2.43. The topological polar surface area (TPSA) is 17.8 Å². The minimum atomic E-state index is 0.223. The quantitative estimate of drug-likeness (QED) is 0.669. The lowest BCUT2D eigenvalue weighted by Gasteiger charge is -2.36. The van der Waals surface area contributed by atoms with Crippen molar-refractivity contribution in [1.82, 2.24) is 9.55 Å². The third-order valence-electron chi connectivity index (χ3n) is 4.48. The third kappa shape index (κ3) is 1.08. The summed E-state index contributed by atoms with van der Waals surface area (Å²) in [6.07, 6.45) is 10.6. The predicted octanol–water partition coefficient (Wildman–Crippen LogP) is 3.57. The zero-order valence-electron chi connectivity index (χ0n) is 9.89. The molecule has 1 aliphatic heterocycles. The van der Waals surface area contributed by atoms with Crippen molar-refractivity contribution in [3.63, 3.8) is 0 Å². The fraction of sp³-hybridized carbons (Fsp3) is 0.400. The van der Waals surface area contributed by atoms with Crippen LogP contribution in [0.2, 0.25) is 0 Å². The van der Waals surface area contributed by atoms with Crippen LogP contribution in [0.25, 0.3) is 11.3 Å². The fourth-order valence-corrected chi connectivity index (χ4v) is 3.72. The molecule has 0 amide bonds. The molecule has 2 aliphatic rings. The zero-order chi connectivity index (χ0) is 11.3. The lowest BCUT2D eigenvalue weighted by molar-refractivity contribution is 0.258. The molecule has 1 aromatic carbocycles. The Morgan fingerprint density at radius 2 is 1.88 bits per heavy atom. The second-order valence-corrected chi connectivity index (χ2v) is 5.29. The molecule has 17 heavy (non-hydrogen) atoms. The van der Waals surface area contributed by atoms with Gasteiger partial charge in [0.25, 0.3) is 0 Å². The van der Waals surface area contributed by atoms with Gasteiger partial charge in [-0.05, 0) is 18.4 Å². The molecule has 0 unspecified atom stereocenters. The molecule has 2 heterocycles. The van der Waals surface area contributed by atoms with E-state index in [4.69, 9.17) is 0 Å². The predicted molar refractivity (Wildman–Crippen MR) is 67.8 cm³/mol. The van der Waals surface area contributed by atoms with Gasteiger partial charge in [-0.1, -0.05) is 43.5 Å². The van der Waals surface area contributed by atoms with Gasteiger partial charge in [0.15, 0.2) is 0 Å². The van der Waals surface area contributed by atoms with E-state index in [1.54, 1.807) is 0 Å². The Labute approximate surface area is 101 Å². The molecule has 1 saturated carbocycles. The van der Waals surface area contributed by atoms with Crippen molar-refractivity contribution in [3.8, 4) is 11.3 Å². The normalized spacial score (nSPS) is 20.2. The van der Waals surface area contributed by atoms with Crippen molar-refractivity contribution in [2.45, 2.75) is 37.6 Å². The molecular formula is C15H16N2. The van der Waals surface area contributed by atoms with E-state index in [-0.39, 0.29) is 5.54 Å². The van der Waals surface area contributed by atoms with Gasteiger partial charge in [-0.2, -0.15) is 0 Å². The van der Waals surface area contributed by atoms with Crippen LogP contribution in [-0.4, -0.2) is 9.55 Å². The molecule has 2 nitrogen and oxygen atoms in total. The van der Waals surface area contributed by atoms with E-state index in [0.717, 1.165) is 0 Å². The van der Waals surface area contributed by atoms with Crippen LogP contribution in [0.3, 0.4) is 0 Å². The number of fused-ring (bicyclic) bond motifs is 5. The van der Waals surface area contributed by atoms with Crippen LogP contribution in [0.4, 0.5) is 0 Å². The molecule has 1 fully saturated rings. The number of hydrogen-bond acceptors (Lipinski definition) is 1. The Kier molecular flexibility index (Phi) is 1.79. The molecule has 0 saturated heterocycles. The van der Waals surface area contributed by atoms with E-state index in [1.807, 2.05) is 12.5 Å². The maximum absolute atomic E-state index is 4.36. The number of rotatable bonds is 0. The van der Waals surface area contributed by atoms with Crippen LogP contribution in [0, 0.1) is 0 Å². The summed E-state index contributed by atoms with van der Waals surface area (Å²) in [5.74, 6) is 0. The summed E-state index contributed by atoms with van der Waals surface area (Å²) in [4.78, 5) is 4.36. The summed E-state index contributed by atoms with van der Waals surface area (Å²) in [5.41, 5.74) is 4.45. The number of benzene rings is 1. The van der Waals surface area contributed by atoms with Gasteiger partial charge < -0.3 is 4.57 Å². The van der Waals surface area contributed by atoms with Gasteiger partial charge in [0.1, 0.15) is 0 Å². The molecule has 0 radical (unpaired) electrons. The second-order valence-electron chi connectivity index (χ2n) is 5.29. The molecule has 0 atom stereocenters. The number of hydrogen-bond donors (Lipinski definition) is 0. The highest BCUT2D eigenvalue weighted by atomic mass is 15.1. The Morgan fingerprint density at radius 3 is 2.76 bits per heavy atom. The largest absolute Gasteiger partial charge is 0.320 e. The molecule has 2 heteroatoms. The molecule has 2 aromatic rings. The SMILES string of the molecule is c1ccc2c(c1)-c1cncn1C21CCCCC1. The third-order valence-corrected chi connectivity index (χ3v) is 4.48. The highest BCUT2D eigenvalue weighted by molar-refractivity contribution is 5.70. The first-order chi connectivity index (χ1) is 8.42. The van der Waals surface area contributed by atoms with Crippen molar-refractivity contribution < 1.29 is 0 Å². The van der Waals surface area contributed by atoms with E-state index in [1.165, 1.54) is 48.9 Å². The van der Waals surface area contributed by atoms with Crippen LogP contribution in [0.1, 0.15) is 37.7 Å². The van der Waals surface area contributed by atoms with Crippen molar-refractivity contribution in [2.75, 3.05) is 0 Å². The van der Waals surface area contributed by atoms with E-state index < -0.39 is 0 Å². The lowest BCUT2D eigenvalue weighted by Crippen LogP contribution is -2.33. The standard InChI is InChI=1S/C15H16N2/c1-4-8-15(9-5-1)13-7-3-2-6-12(13)14-10-16-11-17(14)15/h2-3,6-7,10-11H,1,4-5,8-9H2. The molecule has 1 aliphatic carbocycles. The average Bonchev–Trinajstić information content (AvgIpc) is 2.96. The average molecular weight is 224 g/mol. The molecule has 4 rings (SSSR count). The van der Waals surface area contributed by atoms with Gasteiger partial charge in [0.05, 0.1) is 23.8 Å². The highest BCUT2D eigenvalue weighted by Crippen LogP contribution is 2.50. The van der Waals surface area contributed by atoms with E-state index in [2.05, 4.69) is 33.8 Å². The van der Waals surface area contributed by atoms with E-state index in [9.17, 15) is 0 Å². The number of nitrogens with zero attached hydrogens (tertiary/aromatic N) is 2. The monoisotopic (exact) mass is 224 g/mol. The van der Waals surface area contributed by atoms with E-state index in [0.29, 0.717) is 0 Å². The summed E-state index contributed by atoms with van der Waals surface area (Å²) >= 11 is 0.